The number of rotatable bonds is 2. The summed E-state index contributed by atoms with van der Waals surface area (Å²) in [6.07, 6.45) is -4.08. The summed E-state index contributed by atoms with van der Waals surface area (Å²) in [6.45, 7) is 4.81. The number of pyridine rings is 1. The number of carbonyl (C=O) groups is 3. The smallest absolute Gasteiger partial charge is 0.299 e. The summed E-state index contributed by atoms with van der Waals surface area (Å²) in [7, 11) is 0. The lowest BCUT2D eigenvalue weighted by molar-refractivity contribution is -0.224. The second-order valence-corrected chi connectivity index (χ2v) is 14.1. The molecule has 1 fully saturated rings. The molecule has 0 atom stereocenters. The summed E-state index contributed by atoms with van der Waals surface area (Å²) in [5.41, 5.74) is 1.19. The van der Waals surface area contributed by atoms with Crippen molar-refractivity contribution in [3.8, 4) is 0 Å². The molecule has 1 saturated heterocycles. The minimum Gasteiger partial charge on any atom is -0.299 e. The summed E-state index contributed by atoms with van der Waals surface area (Å²) >= 11 is 2.89. The van der Waals surface area contributed by atoms with E-state index in [1.54, 1.807) is 26.2 Å². The first-order valence-electron chi connectivity index (χ1n) is 13.8. The van der Waals surface area contributed by atoms with Gasteiger partial charge in [-0.3, -0.25) is 18.9 Å². The van der Waals surface area contributed by atoms with E-state index in [4.69, 9.17) is 0 Å². The lowest BCUT2D eigenvalue weighted by Crippen LogP contribution is -2.61. The Morgan fingerprint density at radius 1 is 0.818 bits per heavy atom. The number of fused-ring (bicyclic) bond motifs is 8. The van der Waals surface area contributed by atoms with Gasteiger partial charge < -0.3 is 0 Å². The van der Waals surface area contributed by atoms with Crippen molar-refractivity contribution in [1.29, 1.82) is 0 Å². The van der Waals surface area contributed by atoms with Crippen LogP contribution in [0.2, 0.25) is 0 Å². The van der Waals surface area contributed by atoms with Crippen LogP contribution in [0.15, 0.2) is 65.6 Å². The molecule has 0 aliphatic carbocycles. The highest BCUT2D eigenvalue weighted by Crippen LogP contribution is 2.49. The van der Waals surface area contributed by atoms with Crippen molar-refractivity contribution < 1.29 is 27.6 Å². The molecule has 0 spiro atoms. The summed E-state index contributed by atoms with van der Waals surface area (Å²) in [4.78, 5) is 40.2. The Hall–Kier alpha value is -4.48. The molecule has 0 radical (unpaired) electrons. The largest absolute Gasteiger partial charge is 0.495 e. The number of urea groups is 1. The Morgan fingerprint density at radius 2 is 1.57 bits per heavy atom. The van der Waals surface area contributed by atoms with Crippen molar-refractivity contribution in [3.63, 3.8) is 0 Å². The minimum atomic E-state index is -5.29. The quantitative estimate of drug-likeness (QED) is 0.109. The number of aromatic nitrogens is 1. The van der Waals surface area contributed by atoms with Gasteiger partial charge in [-0.05, 0) is 28.3 Å². The Balaban J connectivity index is 1.42. The van der Waals surface area contributed by atoms with Gasteiger partial charge in [0.1, 0.15) is 10.4 Å². The van der Waals surface area contributed by atoms with Crippen LogP contribution in [0.5, 0.6) is 0 Å². The number of nitrogens with zero attached hydrogens (tertiary/aromatic N) is 3. The topological polar surface area (TPSA) is 62.1 Å². The van der Waals surface area contributed by atoms with E-state index in [1.807, 2.05) is 18.2 Å². The Morgan fingerprint density at radius 3 is 2.32 bits per heavy atom. The zero-order valence-corrected chi connectivity index (χ0v) is 25.2. The summed E-state index contributed by atoms with van der Waals surface area (Å²) in [5.74, 6) is -2.71. The van der Waals surface area contributed by atoms with E-state index in [1.165, 1.54) is 28.7 Å². The lowest BCUT2D eigenvalue weighted by Gasteiger charge is -2.37. The maximum atomic E-state index is 14.0. The van der Waals surface area contributed by atoms with E-state index in [0.717, 1.165) is 57.6 Å². The first kappa shape index (κ1) is 27.1. The number of barbiturate groups is 1. The second-order valence-electron chi connectivity index (χ2n) is 12.3. The van der Waals surface area contributed by atoms with Gasteiger partial charge in [-0.15, -0.1) is 35.8 Å². The van der Waals surface area contributed by atoms with E-state index in [-0.39, 0.29) is 6.54 Å². The van der Waals surface area contributed by atoms with Gasteiger partial charge in [0.05, 0.1) is 20.4 Å². The van der Waals surface area contributed by atoms with Crippen LogP contribution in [0.4, 0.5) is 18.0 Å². The number of hydrogen-bond acceptors (Lipinski definition) is 5. The molecule has 0 unspecified atom stereocenters. The van der Waals surface area contributed by atoms with Gasteiger partial charge >= 0.3 is 12.3 Å². The van der Waals surface area contributed by atoms with E-state index >= 15 is 0 Å². The average Bonchev–Trinajstić information content (AvgIpc) is 3.62. The molecule has 4 aromatic heterocycles. The summed E-state index contributed by atoms with van der Waals surface area (Å²) < 4.78 is 45.9. The molecule has 1 aliphatic rings. The molecular weight excluding hydrogens is 608 g/mol. The molecule has 220 valence electrons. The third-order valence-electron chi connectivity index (χ3n) is 8.08. The fraction of sp³-hybridized carbons (Fsp3) is 0.182. The third kappa shape index (κ3) is 3.62. The number of imide groups is 2. The first-order chi connectivity index (χ1) is 20.8. The molecule has 0 N–H and O–H groups in total. The average molecular weight is 630 g/mol. The number of hydrogen-bond donors (Lipinski definition) is 0. The van der Waals surface area contributed by atoms with Crippen LogP contribution in [0, 0.1) is 5.41 Å². The highest BCUT2D eigenvalue weighted by molar-refractivity contribution is 7.32. The number of carbonyl (C=O) groups excluding carboxylic acids is 3. The molecule has 3 aromatic carbocycles. The molecule has 6 nitrogen and oxygen atoms in total. The van der Waals surface area contributed by atoms with Crippen molar-refractivity contribution in [3.05, 3.63) is 71.1 Å². The standard InChI is InChI=1S/C33H22F3N3O3S2/c1-32(2,3)15-37-28(40)21(29(41)39(31(37)42)33(34,35)36)13-17-14-43-27-24-20-9-6-7-16-11-12-19-18-8-4-5-10-22(18)38(25(19)23(16)20)30(24)44-26(17)27/h4-14H,15H2,1-3H3/b21-13-. The molecule has 4 amide bonds. The van der Waals surface area contributed by atoms with Crippen LogP contribution in [0.25, 0.3) is 63.7 Å². The van der Waals surface area contributed by atoms with Crippen molar-refractivity contribution in [2.75, 3.05) is 6.54 Å². The van der Waals surface area contributed by atoms with E-state index < -0.39 is 40.0 Å². The van der Waals surface area contributed by atoms with Crippen LogP contribution in [-0.2, 0) is 9.59 Å². The number of halogens is 3. The molecule has 0 bridgehead atoms. The van der Waals surface area contributed by atoms with Gasteiger partial charge in [0.25, 0.3) is 11.8 Å². The maximum absolute atomic E-state index is 14.0. The molecule has 1 aliphatic heterocycles. The fourth-order valence-electron chi connectivity index (χ4n) is 6.39. The number of para-hydroxylation sites is 1. The first-order valence-corrected chi connectivity index (χ1v) is 15.5. The number of thiophene rings is 2. The Labute approximate surface area is 255 Å². The van der Waals surface area contributed by atoms with Gasteiger partial charge in [-0.2, -0.15) is 4.90 Å². The molecule has 8 rings (SSSR count). The number of amides is 4. The monoisotopic (exact) mass is 629 g/mol. The van der Waals surface area contributed by atoms with Crippen LogP contribution in [0.1, 0.15) is 26.3 Å². The van der Waals surface area contributed by atoms with Crippen LogP contribution in [-0.4, -0.2) is 44.9 Å². The number of benzene rings is 3. The summed E-state index contributed by atoms with van der Waals surface area (Å²) in [5, 5.41) is 8.27. The van der Waals surface area contributed by atoms with E-state index in [0.29, 0.717) is 10.5 Å². The predicted molar refractivity (Wildman–Crippen MR) is 169 cm³/mol. The zero-order chi connectivity index (χ0) is 30.9. The third-order valence-corrected chi connectivity index (χ3v) is 10.4. The Bertz CT molecular complexity index is 2420. The zero-order valence-electron chi connectivity index (χ0n) is 23.6. The fourth-order valence-corrected chi connectivity index (χ4v) is 9.00. The predicted octanol–water partition coefficient (Wildman–Crippen LogP) is 9.01. The maximum Gasteiger partial charge on any atom is 0.495 e. The van der Waals surface area contributed by atoms with E-state index in [2.05, 4.69) is 40.8 Å². The molecule has 44 heavy (non-hydrogen) atoms. The van der Waals surface area contributed by atoms with Gasteiger partial charge in [0, 0.05) is 39.0 Å². The summed E-state index contributed by atoms with van der Waals surface area (Å²) in [6, 6.07) is 16.9. The second kappa shape index (κ2) is 8.80. The van der Waals surface area contributed by atoms with Crippen molar-refractivity contribution in [2.24, 2.45) is 5.41 Å². The van der Waals surface area contributed by atoms with Crippen LogP contribution >= 0.6 is 22.7 Å². The molecule has 7 aromatic rings. The van der Waals surface area contributed by atoms with Gasteiger partial charge in [0.15, 0.2) is 0 Å². The van der Waals surface area contributed by atoms with Gasteiger partial charge in [-0.25, -0.2) is 4.79 Å². The molecule has 0 saturated carbocycles. The lowest BCUT2D eigenvalue weighted by atomic mass is 9.95. The Kier molecular flexibility index (Phi) is 5.42. The molecule has 11 heteroatoms. The highest BCUT2D eigenvalue weighted by atomic mass is 32.1. The van der Waals surface area contributed by atoms with E-state index in [9.17, 15) is 27.6 Å². The van der Waals surface area contributed by atoms with Crippen molar-refractivity contribution >= 4 is 104 Å². The minimum absolute atomic E-state index is 0.285. The van der Waals surface area contributed by atoms with Crippen LogP contribution in [0.3, 0.4) is 0 Å². The highest BCUT2D eigenvalue weighted by Gasteiger charge is 2.54. The molecule has 5 heterocycles. The normalized spacial score (nSPS) is 16.6. The number of alkyl halides is 3. The van der Waals surface area contributed by atoms with Crippen molar-refractivity contribution in [1.82, 2.24) is 14.2 Å². The SMILES string of the molecule is CC(C)(C)CN1C(=O)/C(=C/c2csc3c2sc2c3c3cccc4ccc5c6ccccc6n2c5c43)C(=O)N(C(F)(F)F)C1=O. The van der Waals surface area contributed by atoms with Gasteiger partial charge in [-0.1, -0.05) is 69.3 Å². The van der Waals surface area contributed by atoms with Crippen LogP contribution < -0.4 is 0 Å². The molecular formula is C33H22F3N3O3S2. The van der Waals surface area contributed by atoms with Crippen molar-refractivity contribution in [2.45, 2.75) is 27.1 Å². The van der Waals surface area contributed by atoms with Gasteiger partial charge in [0.2, 0.25) is 0 Å².